The Bertz CT molecular complexity index is 759. The van der Waals surface area contributed by atoms with Crippen molar-refractivity contribution in [3.8, 4) is 6.07 Å². The van der Waals surface area contributed by atoms with Gasteiger partial charge in [-0.1, -0.05) is 19.1 Å². The van der Waals surface area contributed by atoms with E-state index in [1.807, 2.05) is 6.92 Å². The average molecular weight is 341 g/mol. The van der Waals surface area contributed by atoms with Gasteiger partial charge in [0.15, 0.2) is 0 Å². The highest BCUT2D eigenvalue weighted by Crippen LogP contribution is 2.15. The first-order valence-electron chi connectivity index (χ1n) is 8.09. The molecule has 1 amide bonds. The van der Waals surface area contributed by atoms with Crippen LogP contribution in [0.15, 0.2) is 42.7 Å². The molecule has 1 unspecified atom stereocenters. The molecular formula is C19H20FN3O2. The minimum Gasteiger partial charge on any atom is -0.386 e. The minimum atomic E-state index is -0.832. The monoisotopic (exact) mass is 341 g/mol. The molecule has 0 aliphatic carbocycles. The number of carbonyl (C=O) groups excluding carboxylic acids is 1. The number of hydrogen-bond acceptors (Lipinski definition) is 4. The van der Waals surface area contributed by atoms with Crippen LogP contribution in [0.2, 0.25) is 0 Å². The summed E-state index contributed by atoms with van der Waals surface area (Å²) in [6.45, 7) is 2.59. The maximum absolute atomic E-state index is 13.7. The van der Waals surface area contributed by atoms with Gasteiger partial charge >= 0.3 is 0 Å². The molecule has 130 valence electrons. The summed E-state index contributed by atoms with van der Waals surface area (Å²) in [5.74, 6) is -0.834. The van der Waals surface area contributed by atoms with Crippen LogP contribution < -0.4 is 0 Å². The Morgan fingerprint density at radius 1 is 1.44 bits per heavy atom. The summed E-state index contributed by atoms with van der Waals surface area (Å²) >= 11 is 0. The molecule has 0 spiro atoms. The Kier molecular flexibility index (Phi) is 6.61. The van der Waals surface area contributed by atoms with E-state index in [9.17, 15) is 14.3 Å². The van der Waals surface area contributed by atoms with Crippen molar-refractivity contribution in [3.05, 3.63) is 65.2 Å². The summed E-state index contributed by atoms with van der Waals surface area (Å²) < 4.78 is 13.7. The molecule has 0 saturated carbocycles. The smallest absolute Gasteiger partial charge is 0.227 e. The molecule has 1 atom stereocenters. The topological polar surface area (TPSA) is 77.2 Å². The fourth-order valence-corrected chi connectivity index (χ4v) is 2.52. The van der Waals surface area contributed by atoms with Crippen LogP contribution in [0.4, 0.5) is 4.39 Å². The lowest BCUT2D eigenvalue weighted by Gasteiger charge is -2.25. The molecule has 2 rings (SSSR count). The third-order valence-electron chi connectivity index (χ3n) is 3.82. The second-order valence-electron chi connectivity index (χ2n) is 5.74. The number of nitriles is 1. The van der Waals surface area contributed by atoms with Gasteiger partial charge in [0.05, 0.1) is 24.6 Å². The molecule has 0 saturated heterocycles. The number of nitrogens with zero attached hydrogens (tertiary/aromatic N) is 3. The Labute approximate surface area is 146 Å². The van der Waals surface area contributed by atoms with Crippen LogP contribution in [0.1, 0.15) is 36.1 Å². The number of aliphatic hydroxyl groups is 1. The summed E-state index contributed by atoms with van der Waals surface area (Å²) in [5, 5.41) is 19.1. The van der Waals surface area contributed by atoms with Crippen LogP contribution in [-0.2, 0) is 11.2 Å². The van der Waals surface area contributed by atoms with Gasteiger partial charge in [0.25, 0.3) is 0 Å². The first-order valence-corrected chi connectivity index (χ1v) is 8.09. The van der Waals surface area contributed by atoms with Crippen LogP contribution in [0, 0.1) is 17.1 Å². The van der Waals surface area contributed by atoms with E-state index < -0.39 is 11.9 Å². The van der Waals surface area contributed by atoms with Crippen LogP contribution in [-0.4, -0.2) is 34.0 Å². The van der Waals surface area contributed by atoms with Crippen molar-refractivity contribution < 1.29 is 14.3 Å². The van der Waals surface area contributed by atoms with Gasteiger partial charge in [-0.25, -0.2) is 4.39 Å². The molecule has 5 nitrogen and oxygen atoms in total. The SMILES string of the molecule is CCCN(CC(O)c1cccnc1)C(=O)Cc1ccc(C#N)c(F)c1. The lowest BCUT2D eigenvalue weighted by Crippen LogP contribution is -2.36. The number of benzene rings is 1. The molecule has 0 aliphatic heterocycles. The zero-order chi connectivity index (χ0) is 18.2. The molecule has 1 N–H and O–H groups in total. The van der Waals surface area contributed by atoms with Crippen LogP contribution in [0.3, 0.4) is 0 Å². The zero-order valence-electron chi connectivity index (χ0n) is 14.0. The molecular weight excluding hydrogens is 321 g/mol. The van der Waals surface area contributed by atoms with Crippen molar-refractivity contribution in [2.45, 2.75) is 25.9 Å². The third-order valence-corrected chi connectivity index (χ3v) is 3.82. The summed E-state index contributed by atoms with van der Waals surface area (Å²) in [7, 11) is 0. The Morgan fingerprint density at radius 2 is 2.24 bits per heavy atom. The summed E-state index contributed by atoms with van der Waals surface area (Å²) in [6, 6.07) is 9.38. The molecule has 0 radical (unpaired) electrons. The highest BCUT2D eigenvalue weighted by Gasteiger charge is 2.19. The van der Waals surface area contributed by atoms with E-state index in [4.69, 9.17) is 5.26 Å². The average Bonchev–Trinajstić information content (AvgIpc) is 2.62. The largest absolute Gasteiger partial charge is 0.386 e. The van der Waals surface area contributed by atoms with Crippen molar-refractivity contribution in [1.82, 2.24) is 9.88 Å². The molecule has 0 fully saturated rings. The number of aromatic nitrogens is 1. The maximum Gasteiger partial charge on any atom is 0.227 e. The summed E-state index contributed by atoms with van der Waals surface area (Å²) in [6.07, 6.45) is 3.11. The van der Waals surface area contributed by atoms with Gasteiger partial charge in [-0.15, -0.1) is 0 Å². The lowest BCUT2D eigenvalue weighted by atomic mass is 10.1. The number of hydrogen-bond donors (Lipinski definition) is 1. The molecule has 1 heterocycles. The molecule has 6 heteroatoms. The Morgan fingerprint density at radius 3 is 2.84 bits per heavy atom. The Balaban J connectivity index is 2.07. The van der Waals surface area contributed by atoms with Crippen molar-refractivity contribution in [3.63, 3.8) is 0 Å². The fourth-order valence-electron chi connectivity index (χ4n) is 2.52. The summed E-state index contributed by atoms with van der Waals surface area (Å²) in [4.78, 5) is 18.1. The molecule has 0 bridgehead atoms. The molecule has 2 aromatic rings. The first kappa shape index (κ1) is 18.6. The lowest BCUT2D eigenvalue weighted by molar-refractivity contribution is -0.132. The van der Waals surface area contributed by atoms with E-state index in [0.29, 0.717) is 17.7 Å². The molecule has 0 aliphatic rings. The van der Waals surface area contributed by atoms with Crippen LogP contribution >= 0.6 is 0 Å². The second-order valence-corrected chi connectivity index (χ2v) is 5.74. The van der Waals surface area contributed by atoms with Crippen molar-refractivity contribution in [1.29, 1.82) is 5.26 Å². The highest BCUT2D eigenvalue weighted by molar-refractivity contribution is 5.78. The highest BCUT2D eigenvalue weighted by atomic mass is 19.1. The van der Waals surface area contributed by atoms with E-state index in [1.54, 1.807) is 41.6 Å². The minimum absolute atomic E-state index is 0.0163. The maximum atomic E-state index is 13.7. The number of carbonyl (C=O) groups is 1. The Hall–Kier alpha value is -2.78. The van der Waals surface area contributed by atoms with Gasteiger partial charge in [-0.05, 0) is 30.2 Å². The van der Waals surface area contributed by atoms with Gasteiger partial charge in [-0.3, -0.25) is 9.78 Å². The van der Waals surface area contributed by atoms with E-state index >= 15 is 0 Å². The number of pyridine rings is 1. The van der Waals surface area contributed by atoms with Gasteiger partial charge in [-0.2, -0.15) is 5.26 Å². The number of rotatable bonds is 7. The quantitative estimate of drug-likeness (QED) is 0.840. The predicted molar refractivity (Wildman–Crippen MR) is 90.9 cm³/mol. The van der Waals surface area contributed by atoms with E-state index in [2.05, 4.69) is 4.98 Å². The van der Waals surface area contributed by atoms with Crippen molar-refractivity contribution >= 4 is 5.91 Å². The van der Waals surface area contributed by atoms with Gasteiger partial charge in [0.1, 0.15) is 11.9 Å². The van der Waals surface area contributed by atoms with E-state index in [-0.39, 0.29) is 24.4 Å². The zero-order valence-corrected chi connectivity index (χ0v) is 14.0. The number of aliphatic hydroxyl groups excluding tert-OH is 1. The fraction of sp³-hybridized carbons (Fsp3) is 0.316. The van der Waals surface area contributed by atoms with Crippen molar-refractivity contribution in [2.24, 2.45) is 0 Å². The molecule has 1 aromatic carbocycles. The van der Waals surface area contributed by atoms with E-state index in [1.165, 1.54) is 12.1 Å². The number of halogens is 1. The normalized spacial score (nSPS) is 11.6. The molecule has 25 heavy (non-hydrogen) atoms. The predicted octanol–water partition coefficient (Wildman–Crippen LogP) is 2.61. The van der Waals surface area contributed by atoms with Crippen LogP contribution in [0.5, 0.6) is 0 Å². The third kappa shape index (κ3) is 5.10. The second kappa shape index (κ2) is 8.90. The van der Waals surface area contributed by atoms with Crippen molar-refractivity contribution in [2.75, 3.05) is 13.1 Å². The van der Waals surface area contributed by atoms with Gasteiger partial charge < -0.3 is 10.0 Å². The van der Waals surface area contributed by atoms with Crippen LogP contribution in [0.25, 0.3) is 0 Å². The number of amides is 1. The van der Waals surface area contributed by atoms with Gasteiger partial charge in [0.2, 0.25) is 5.91 Å². The summed E-state index contributed by atoms with van der Waals surface area (Å²) in [5.41, 5.74) is 1.09. The van der Waals surface area contributed by atoms with E-state index in [0.717, 1.165) is 6.42 Å². The molecule has 1 aromatic heterocycles. The van der Waals surface area contributed by atoms with Gasteiger partial charge in [0, 0.05) is 24.5 Å². The standard InChI is InChI=1S/C19H20FN3O2/c1-2-8-23(13-18(24)16-4-3-7-22-12-16)19(25)10-14-5-6-15(11-21)17(20)9-14/h3-7,9,12,18,24H,2,8,10,13H2,1H3. The first-order chi connectivity index (χ1) is 12.0.